The van der Waals surface area contributed by atoms with Gasteiger partial charge >= 0.3 is 0 Å². The van der Waals surface area contributed by atoms with Gasteiger partial charge in [0.2, 0.25) is 21.8 Å². The molecule has 1 atom stereocenters. The molecule has 3 aromatic rings. The molecule has 9 heteroatoms. The molecule has 0 unspecified atom stereocenters. The number of nitrogens with one attached hydrogen (secondary N) is 2. The van der Waals surface area contributed by atoms with Crippen molar-refractivity contribution in [3.05, 3.63) is 95.6 Å². The van der Waals surface area contributed by atoms with Crippen molar-refractivity contribution in [1.29, 1.82) is 0 Å². The number of hydrogen-bond acceptors (Lipinski definition) is 5. The van der Waals surface area contributed by atoms with Crippen molar-refractivity contribution in [3.63, 3.8) is 0 Å². The van der Waals surface area contributed by atoms with Crippen LogP contribution < -0.4 is 14.8 Å². The second-order valence-electron chi connectivity index (χ2n) is 10.0. The summed E-state index contributed by atoms with van der Waals surface area (Å²) in [5.74, 6) is 0.302. The average Bonchev–Trinajstić information content (AvgIpc) is 3.79. The van der Waals surface area contributed by atoms with Gasteiger partial charge in [-0.3, -0.25) is 9.59 Å². The zero-order chi connectivity index (χ0) is 28.5. The third kappa shape index (κ3) is 7.92. The predicted octanol–water partition coefficient (Wildman–Crippen LogP) is 4.36. The zero-order valence-corrected chi connectivity index (χ0v) is 23.8. The summed E-state index contributed by atoms with van der Waals surface area (Å²) in [6, 6.07) is 22.6. The molecule has 0 aliphatic heterocycles. The summed E-state index contributed by atoms with van der Waals surface area (Å²) >= 11 is 0. The number of sulfonamides is 1. The summed E-state index contributed by atoms with van der Waals surface area (Å²) in [6.45, 7) is 2.74. The molecule has 2 N–H and O–H groups in total. The zero-order valence-electron chi connectivity index (χ0n) is 23.0. The SMILES string of the molecule is CCCNC(=O)[C@H](c1ccccc1)N(Cc1ccc(OC)cc1)C(=O)CCc1ccc(S(=O)(=O)NC2CC2)cc1. The fourth-order valence-electron chi connectivity index (χ4n) is 4.42. The highest BCUT2D eigenvalue weighted by atomic mass is 32.2. The van der Waals surface area contributed by atoms with Gasteiger partial charge < -0.3 is 15.0 Å². The first kappa shape index (κ1) is 29.3. The van der Waals surface area contributed by atoms with E-state index in [1.54, 1.807) is 36.3 Å². The molecule has 0 saturated heterocycles. The van der Waals surface area contributed by atoms with Crippen molar-refractivity contribution >= 4 is 21.8 Å². The first-order valence-corrected chi connectivity index (χ1v) is 15.2. The van der Waals surface area contributed by atoms with Crippen LogP contribution in [0.5, 0.6) is 5.75 Å². The standard InChI is InChI=1S/C31H37N3O5S/c1-3-21-32-31(36)30(25-7-5-4-6-8-25)34(22-24-9-16-27(39-2)17-10-24)29(35)20-13-23-11-18-28(19-12-23)40(37,38)33-26-14-15-26/h4-12,16-19,26,30,33H,3,13-15,20-22H2,1-2H3,(H,32,36)/t30-/m0/s1. The Labute approximate surface area is 236 Å². The molecule has 1 saturated carbocycles. The quantitative estimate of drug-likeness (QED) is 0.303. The molecular weight excluding hydrogens is 526 g/mol. The number of aryl methyl sites for hydroxylation is 1. The topological polar surface area (TPSA) is 105 Å². The number of benzene rings is 3. The van der Waals surface area contributed by atoms with Crippen molar-refractivity contribution < 1.29 is 22.7 Å². The molecule has 212 valence electrons. The summed E-state index contributed by atoms with van der Waals surface area (Å²) in [5, 5.41) is 2.97. The molecule has 0 aromatic heterocycles. The predicted molar refractivity (Wildman–Crippen MR) is 154 cm³/mol. The number of ether oxygens (including phenoxy) is 1. The third-order valence-corrected chi connectivity index (χ3v) is 8.35. The van der Waals surface area contributed by atoms with Gasteiger partial charge in [-0.05, 0) is 66.6 Å². The van der Waals surface area contributed by atoms with Gasteiger partial charge in [-0.15, -0.1) is 0 Å². The molecule has 40 heavy (non-hydrogen) atoms. The molecule has 1 aliphatic carbocycles. The Morgan fingerprint density at radius 3 is 2.20 bits per heavy atom. The lowest BCUT2D eigenvalue weighted by molar-refractivity contribution is -0.141. The highest BCUT2D eigenvalue weighted by molar-refractivity contribution is 7.89. The molecule has 4 rings (SSSR count). The molecule has 0 bridgehead atoms. The fraction of sp³-hybridized carbons (Fsp3) is 0.355. The minimum Gasteiger partial charge on any atom is -0.497 e. The van der Waals surface area contributed by atoms with Crippen molar-refractivity contribution in [1.82, 2.24) is 14.9 Å². The van der Waals surface area contributed by atoms with Crippen LogP contribution in [0, 0.1) is 0 Å². The Kier molecular flexibility index (Phi) is 9.95. The van der Waals surface area contributed by atoms with Crippen LogP contribution in [0.4, 0.5) is 0 Å². The number of carbonyl (C=O) groups excluding carboxylic acids is 2. The van der Waals surface area contributed by atoms with Gasteiger partial charge in [0.1, 0.15) is 11.8 Å². The van der Waals surface area contributed by atoms with E-state index < -0.39 is 16.1 Å². The van der Waals surface area contributed by atoms with Gasteiger partial charge in [-0.2, -0.15) is 0 Å². The van der Waals surface area contributed by atoms with Crippen LogP contribution in [0.25, 0.3) is 0 Å². The monoisotopic (exact) mass is 563 g/mol. The van der Waals surface area contributed by atoms with E-state index in [-0.39, 0.29) is 35.7 Å². The molecule has 1 aliphatic rings. The number of methoxy groups -OCH3 is 1. The smallest absolute Gasteiger partial charge is 0.247 e. The maximum absolute atomic E-state index is 13.8. The summed E-state index contributed by atoms with van der Waals surface area (Å²) < 4.78 is 32.9. The number of carbonyl (C=O) groups is 2. The molecule has 0 radical (unpaired) electrons. The fourth-order valence-corrected chi connectivity index (χ4v) is 5.73. The van der Waals surface area contributed by atoms with E-state index in [4.69, 9.17) is 4.74 Å². The summed E-state index contributed by atoms with van der Waals surface area (Å²) in [6.07, 6.45) is 3.08. The molecule has 1 fully saturated rings. The van der Waals surface area contributed by atoms with Crippen LogP contribution in [0.15, 0.2) is 83.8 Å². The van der Waals surface area contributed by atoms with Gasteiger partial charge in [0.15, 0.2) is 0 Å². The second kappa shape index (κ2) is 13.6. The molecule has 3 aromatic carbocycles. The third-order valence-electron chi connectivity index (χ3n) is 6.82. The minimum atomic E-state index is -3.54. The van der Waals surface area contributed by atoms with E-state index in [0.29, 0.717) is 18.7 Å². The minimum absolute atomic E-state index is 0.0334. The maximum Gasteiger partial charge on any atom is 0.247 e. The normalized spacial score (nSPS) is 13.8. The number of rotatable bonds is 14. The summed E-state index contributed by atoms with van der Waals surface area (Å²) in [7, 11) is -1.94. The van der Waals surface area contributed by atoms with Crippen LogP contribution in [-0.4, -0.2) is 44.8 Å². The van der Waals surface area contributed by atoms with Crippen LogP contribution in [0.2, 0.25) is 0 Å². The Balaban J connectivity index is 1.55. The first-order chi connectivity index (χ1) is 19.3. The first-order valence-electron chi connectivity index (χ1n) is 13.7. The van der Waals surface area contributed by atoms with E-state index in [9.17, 15) is 18.0 Å². The van der Waals surface area contributed by atoms with Gasteiger partial charge in [0.25, 0.3) is 0 Å². The van der Waals surface area contributed by atoms with Gasteiger partial charge in [-0.1, -0.05) is 61.5 Å². The number of hydrogen-bond donors (Lipinski definition) is 2. The van der Waals surface area contributed by atoms with E-state index >= 15 is 0 Å². The largest absolute Gasteiger partial charge is 0.497 e. The van der Waals surface area contributed by atoms with E-state index in [2.05, 4.69) is 10.0 Å². The average molecular weight is 564 g/mol. The molecule has 2 amide bonds. The van der Waals surface area contributed by atoms with Gasteiger partial charge in [-0.25, -0.2) is 13.1 Å². The lowest BCUT2D eigenvalue weighted by atomic mass is 10.0. The van der Waals surface area contributed by atoms with E-state index in [1.807, 2.05) is 61.5 Å². The Morgan fingerprint density at radius 2 is 1.60 bits per heavy atom. The van der Waals surface area contributed by atoms with Crippen LogP contribution in [-0.2, 0) is 32.6 Å². The maximum atomic E-state index is 13.8. The molecular formula is C31H37N3O5S. The Morgan fingerprint density at radius 1 is 0.950 bits per heavy atom. The van der Waals surface area contributed by atoms with Gasteiger partial charge in [0.05, 0.1) is 12.0 Å². The van der Waals surface area contributed by atoms with Crippen LogP contribution >= 0.6 is 0 Å². The lowest BCUT2D eigenvalue weighted by Gasteiger charge is -2.32. The van der Waals surface area contributed by atoms with Crippen molar-refractivity contribution in [2.45, 2.75) is 62.6 Å². The van der Waals surface area contributed by atoms with Crippen molar-refractivity contribution in [2.24, 2.45) is 0 Å². The summed E-state index contributed by atoms with van der Waals surface area (Å²) in [4.78, 5) is 29.1. The Hall–Kier alpha value is -3.69. The summed E-state index contributed by atoms with van der Waals surface area (Å²) in [5.41, 5.74) is 2.45. The van der Waals surface area contributed by atoms with Crippen molar-refractivity contribution in [3.8, 4) is 5.75 Å². The van der Waals surface area contributed by atoms with E-state index in [1.165, 1.54) is 0 Å². The molecule has 0 spiro atoms. The number of amides is 2. The Bertz CT molecular complexity index is 1370. The highest BCUT2D eigenvalue weighted by Crippen LogP contribution is 2.26. The van der Waals surface area contributed by atoms with Gasteiger partial charge in [0, 0.05) is 25.6 Å². The molecule has 0 heterocycles. The highest BCUT2D eigenvalue weighted by Gasteiger charge is 2.31. The van der Waals surface area contributed by atoms with Crippen molar-refractivity contribution in [2.75, 3.05) is 13.7 Å². The lowest BCUT2D eigenvalue weighted by Crippen LogP contribution is -2.43. The molecule has 8 nitrogen and oxygen atoms in total. The number of nitrogens with zero attached hydrogens (tertiary/aromatic N) is 1. The van der Waals surface area contributed by atoms with Crippen LogP contribution in [0.1, 0.15) is 55.3 Å². The van der Waals surface area contributed by atoms with E-state index in [0.717, 1.165) is 36.0 Å². The van der Waals surface area contributed by atoms with Crippen LogP contribution in [0.3, 0.4) is 0 Å². The second-order valence-corrected chi connectivity index (χ2v) is 11.7.